The zero-order chi connectivity index (χ0) is 12.5. The van der Waals surface area contributed by atoms with Gasteiger partial charge in [0, 0.05) is 0 Å². The summed E-state index contributed by atoms with van der Waals surface area (Å²) < 4.78 is 12.1. The summed E-state index contributed by atoms with van der Waals surface area (Å²) in [6.45, 7) is 0. The molecule has 0 radical (unpaired) electrons. The van der Waals surface area contributed by atoms with Crippen molar-refractivity contribution < 1.29 is 14.3 Å². The maximum Gasteiger partial charge on any atom is 0.341 e. The van der Waals surface area contributed by atoms with Crippen LogP contribution in [0.15, 0.2) is 24.5 Å². The van der Waals surface area contributed by atoms with Crippen LogP contribution in [0.5, 0.6) is 5.75 Å². The first kappa shape index (κ1) is 11.1. The van der Waals surface area contributed by atoms with Crippen LogP contribution in [0.2, 0.25) is 0 Å². The van der Waals surface area contributed by atoms with Crippen LogP contribution in [0.25, 0.3) is 5.52 Å². The third-order valence-electron chi connectivity index (χ3n) is 3.25. The van der Waals surface area contributed by atoms with Gasteiger partial charge in [0.2, 0.25) is 0 Å². The normalized spacial score (nSPS) is 15.4. The van der Waals surface area contributed by atoms with E-state index < -0.39 is 0 Å². The van der Waals surface area contributed by atoms with E-state index in [2.05, 4.69) is 5.10 Å². The second kappa shape index (κ2) is 4.33. The fourth-order valence-corrected chi connectivity index (χ4v) is 1.98. The molecule has 18 heavy (non-hydrogen) atoms. The van der Waals surface area contributed by atoms with Gasteiger partial charge in [-0.05, 0) is 31.4 Å². The number of fused-ring (bicyclic) bond motifs is 1. The van der Waals surface area contributed by atoms with Crippen LogP contribution >= 0.6 is 0 Å². The summed E-state index contributed by atoms with van der Waals surface area (Å²) in [6, 6.07) is 3.69. The number of carbonyl (C=O) groups is 1. The van der Waals surface area contributed by atoms with E-state index in [1.807, 2.05) is 12.1 Å². The Hall–Kier alpha value is -2.04. The molecule has 0 aliphatic heterocycles. The van der Waals surface area contributed by atoms with Crippen LogP contribution in [-0.4, -0.2) is 28.8 Å². The molecule has 0 unspecified atom stereocenters. The summed E-state index contributed by atoms with van der Waals surface area (Å²) in [5.41, 5.74) is 1.19. The van der Waals surface area contributed by atoms with Gasteiger partial charge in [0.25, 0.3) is 0 Å². The first-order chi connectivity index (χ1) is 8.78. The number of hydrogen-bond acceptors (Lipinski definition) is 4. The lowest BCUT2D eigenvalue weighted by molar-refractivity contribution is 0.0603. The van der Waals surface area contributed by atoms with E-state index >= 15 is 0 Å². The van der Waals surface area contributed by atoms with Crippen molar-refractivity contribution >= 4 is 11.5 Å². The highest BCUT2D eigenvalue weighted by atomic mass is 16.5. The summed E-state index contributed by atoms with van der Waals surface area (Å²) in [6.07, 6.45) is 7.10. The Morgan fingerprint density at radius 2 is 2.28 bits per heavy atom. The first-order valence-corrected chi connectivity index (χ1v) is 6.00. The van der Waals surface area contributed by atoms with E-state index in [4.69, 9.17) is 9.47 Å². The van der Waals surface area contributed by atoms with E-state index in [-0.39, 0.29) is 5.97 Å². The first-order valence-electron chi connectivity index (χ1n) is 6.00. The molecule has 2 aromatic heterocycles. The lowest BCUT2D eigenvalue weighted by atomic mass is 9.96. The van der Waals surface area contributed by atoms with Crippen molar-refractivity contribution in [2.75, 3.05) is 7.11 Å². The second-order valence-electron chi connectivity index (χ2n) is 4.42. The van der Waals surface area contributed by atoms with Gasteiger partial charge >= 0.3 is 5.97 Å². The Balaban J connectivity index is 1.90. The maximum atomic E-state index is 11.5. The van der Waals surface area contributed by atoms with Gasteiger partial charge in [0.15, 0.2) is 0 Å². The van der Waals surface area contributed by atoms with Gasteiger partial charge in [0.1, 0.15) is 11.3 Å². The van der Waals surface area contributed by atoms with E-state index in [0.717, 1.165) is 24.1 Å². The molecule has 2 aromatic rings. The Bertz CT molecular complexity index is 587. The number of hydrogen-bond donors (Lipinski definition) is 0. The Labute approximate surface area is 104 Å². The van der Waals surface area contributed by atoms with Crippen LogP contribution in [-0.2, 0) is 4.74 Å². The fourth-order valence-electron chi connectivity index (χ4n) is 1.98. The third-order valence-corrected chi connectivity index (χ3v) is 3.25. The van der Waals surface area contributed by atoms with Crippen molar-refractivity contribution in [1.82, 2.24) is 9.61 Å². The average Bonchev–Trinajstić information content (AvgIpc) is 2.76. The SMILES string of the molecule is COC(=O)c1cnn2cc(OC3CCC3)ccc12. The Morgan fingerprint density at radius 1 is 1.44 bits per heavy atom. The Kier molecular flexibility index (Phi) is 2.66. The average molecular weight is 246 g/mol. The quantitative estimate of drug-likeness (QED) is 0.778. The molecular weight excluding hydrogens is 232 g/mol. The molecule has 1 aliphatic rings. The fraction of sp³-hybridized carbons (Fsp3) is 0.385. The minimum absolute atomic E-state index is 0.332. The Morgan fingerprint density at radius 3 is 2.94 bits per heavy atom. The van der Waals surface area contributed by atoms with E-state index in [9.17, 15) is 4.79 Å². The molecule has 0 spiro atoms. The minimum atomic E-state index is -0.377. The molecule has 1 fully saturated rings. The van der Waals surface area contributed by atoms with Gasteiger partial charge in [-0.2, -0.15) is 5.10 Å². The molecule has 0 N–H and O–H groups in total. The summed E-state index contributed by atoms with van der Waals surface area (Å²) >= 11 is 0. The van der Waals surface area contributed by atoms with Crippen molar-refractivity contribution in [2.24, 2.45) is 0 Å². The molecule has 0 saturated heterocycles. The molecule has 5 nitrogen and oxygen atoms in total. The number of pyridine rings is 1. The second-order valence-corrected chi connectivity index (χ2v) is 4.42. The smallest absolute Gasteiger partial charge is 0.341 e. The largest absolute Gasteiger partial charge is 0.489 e. The van der Waals surface area contributed by atoms with Crippen molar-refractivity contribution in [3.8, 4) is 5.75 Å². The summed E-state index contributed by atoms with van der Waals surface area (Å²) in [4.78, 5) is 11.5. The standard InChI is InChI=1S/C13H14N2O3/c1-17-13(16)11-7-14-15-8-10(5-6-12(11)15)18-9-3-2-4-9/h5-9H,2-4H2,1H3. The lowest BCUT2D eigenvalue weighted by Crippen LogP contribution is -2.24. The molecule has 94 valence electrons. The molecule has 1 saturated carbocycles. The minimum Gasteiger partial charge on any atom is -0.489 e. The highest BCUT2D eigenvalue weighted by molar-refractivity contribution is 5.96. The van der Waals surface area contributed by atoms with E-state index in [0.29, 0.717) is 11.7 Å². The van der Waals surface area contributed by atoms with Gasteiger partial charge < -0.3 is 9.47 Å². The predicted octanol–water partition coefficient (Wildman–Crippen LogP) is 2.05. The molecule has 1 aliphatic carbocycles. The molecule has 0 atom stereocenters. The van der Waals surface area contributed by atoms with Crippen LogP contribution in [0.1, 0.15) is 29.6 Å². The van der Waals surface area contributed by atoms with Crippen LogP contribution < -0.4 is 4.74 Å². The van der Waals surface area contributed by atoms with Gasteiger partial charge in [0.05, 0.1) is 31.1 Å². The molecule has 5 heteroatoms. The number of esters is 1. The summed E-state index contributed by atoms with van der Waals surface area (Å²) in [5, 5.41) is 4.14. The molecular formula is C13H14N2O3. The van der Waals surface area contributed by atoms with Crippen LogP contribution in [0.3, 0.4) is 0 Å². The van der Waals surface area contributed by atoms with Crippen LogP contribution in [0, 0.1) is 0 Å². The zero-order valence-electron chi connectivity index (χ0n) is 10.1. The van der Waals surface area contributed by atoms with Gasteiger partial charge in [-0.25, -0.2) is 9.31 Å². The van der Waals surface area contributed by atoms with Crippen molar-refractivity contribution in [2.45, 2.75) is 25.4 Å². The molecule has 2 heterocycles. The van der Waals surface area contributed by atoms with Crippen molar-refractivity contribution in [3.05, 3.63) is 30.1 Å². The highest BCUT2D eigenvalue weighted by Crippen LogP contribution is 2.25. The number of rotatable bonds is 3. The topological polar surface area (TPSA) is 52.8 Å². The molecule has 0 bridgehead atoms. The van der Waals surface area contributed by atoms with Crippen LogP contribution in [0.4, 0.5) is 0 Å². The van der Waals surface area contributed by atoms with E-state index in [1.54, 1.807) is 10.7 Å². The van der Waals surface area contributed by atoms with Crippen molar-refractivity contribution in [3.63, 3.8) is 0 Å². The summed E-state index contributed by atoms with van der Waals surface area (Å²) in [7, 11) is 1.36. The number of nitrogens with zero attached hydrogens (tertiary/aromatic N) is 2. The maximum absolute atomic E-state index is 11.5. The van der Waals surface area contributed by atoms with E-state index in [1.165, 1.54) is 19.7 Å². The van der Waals surface area contributed by atoms with Crippen molar-refractivity contribution in [1.29, 1.82) is 0 Å². The number of ether oxygens (including phenoxy) is 2. The highest BCUT2D eigenvalue weighted by Gasteiger charge is 2.19. The summed E-state index contributed by atoms with van der Waals surface area (Å²) in [5.74, 6) is 0.407. The molecule has 0 aromatic carbocycles. The zero-order valence-corrected chi connectivity index (χ0v) is 10.1. The molecule has 0 amide bonds. The van der Waals surface area contributed by atoms with Gasteiger partial charge in [-0.15, -0.1) is 0 Å². The number of aromatic nitrogens is 2. The number of carbonyl (C=O) groups excluding carboxylic acids is 1. The monoisotopic (exact) mass is 246 g/mol. The number of methoxy groups -OCH3 is 1. The lowest BCUT2D eigenvalue weighted by Gasteiger charge is -2.26. The van der Waals surface area contributed by atoms with Gasteiger partial charge in [-0.1, -0.05) is 0 Å². The molecule has 3 rings (SSSR count). The predicted molar refractivity (Wildman–Crippen MR) is 64.8 cm³/mol. The third kappa shape index (κ3) is 1.81. The van der Waals surface area contributed by atoms with Gasteiger partial charge in [-0.3, -0.25) is 0 Å².